The quantitative estimate of drug-likeness (QED) is 0.686. The normalized spacial score (nSPS) is 19.9. The molecule has 138 valence electrons. The topological polar surface area (TPSA) is 46.5 Å². The molecule has 4 heteroatoms. The van der Waals surface area contributed by atoms with E-state index in [1.807, 2.05) is 12.1 Å². The third-order valence-corrected chi connectivity index (χ3v) is 5.15. The van der Waals surface area contributed by atoms with E-state index in [2.05, 4.69) is 24.3 Å². The standard InChI is InChI=1S/C23H21FO3/c24-17-8-5-16(6-9-17)21-11-7-15-3-1-2-4-20(15)22(21)12-10-19-13-18(25)14-23(26)27-19/h1-9,11,18-19,25H,10,12-14H2/t18-,19-/m1/s1. The minimum atomic E-state index is -0.625. The van der Waals surface area contributed by atoms with E-state index in [0.29, 0.717) is 19.3 Å². The van der Waals surface area contributed by atoms with Crippen molar-refractivity contribution >= 4 is 16.7 Å². The highest BCUT2D eigenvalue weighted by atomic mass is 19.1. The van der Waals surface area contributed by atoms with Gasteiger partial charge in [-0.2, -0.15) is 0 Å². The third kappa shape index (κ3) is 3.86. The second-order valence-electron chi connectivity index (χ2n) is 7.06. The number of hydrogen-bond acceptors (Lipinski definition) is 3. The molecule has 0 spiro atoms. The van der Waals surface area contributed by atoms with E-state index in [-0.39, 0.29) is 24.3 Å². The van der Waals surface area contributed by atoms with Crippen molar-refractivity contribution in [3.63, 3.8) is 0 Å². The highest BCUT2D eigenvalue weighted by Crippen LogP contribution is 2.32. The highest BCUT2D eigenvalue weighted by Gasteiger charge is 2.27. The van der Waals surface area contributed by atoms with Gasteiger partial charge in [0.2, 0.25) is 0 Å². The van der Waals surface area contributed by atoms with Crippen LogP contribution >= 0.6 is 0 Å². The van der Waals surface area contributed by atoms with Crippen molar-refractivity contribution in [3.05, 3.63) is 72.0 Å². The summed E-state index contributed by atoms with van der Waals surface area (Å²) in [5.41, 5.74) is 3.16. The molecule has 3 nitrogen and oxygen atoms in total. The molecule has 0 radical (unpaired) electrons. The fourth-order valence-corrected chi connectivity index (χ4v) is 3.85. The summed E-state index contributed by atoms with van der Waals surface area (Å²) in [4.78, 5) is 11.6. The Labute approximate surface area is 157 Å². The van der Waals surface area contributed by atoms with Crippen molar-refractivity contribution in [1.29, 1.82) is 0 Å². The van der Waals surface area contributed by atoms with Gasteiger partial charge in [-0.15, -0.1) is 0 Å². The molecule has 0 aromatic heterocycles. The van der Waals surface area contributed by atoms with E-state index in [4.69, 9.17) is 4.74 Å². The number of hydrogen-bond donors (Lipinski definition) is 1. The Balaban J connectivity index is 1.69. The van der Waals surface area contributed by atoms with E-state index in [9.17, 15) is 14.3 Å². The number of aliphatic hydroxyl groups excluding tert-OH is 1. The third-order valence-electron chi connectivity index (χ3n) is 5.15. The van der Waals surface area contributed by atoms with E-state index in [0.717, 1.165) is 27.5 Å². The maximum atomic E-state index is 13.3. The monoisotopic (exact) mass is 364 g/mol. The number of cyclic esters (lactones) is 1. The van der Waals surface area contributed by atoms with Crippen molar-refractivity contribution in [2.75, 3.05) is 0 Å². The van der Waals surface area contributed by atoms with Gasteiger partial charge in [-0.25, -0.2) is 4.39 Å². The van der Waals surface area contributed by atoms with Gasteiger partial charge in [0.25, 0.3) is 0 Å². The average molecular weight is 364 g/mol. The number of fused-ring (bicyclic) bond motifs is 1. The van der Waals surface area contributed by atoms with E-state index in [1.165, 1.54) is 12.1 Å². The smallest absolute Gasteiger partial charge is 0.308 e. The predicted octanol–water partition coefficient (Wildman–Crippen LogP) is 4.65. The SMILES string of the molecule is O=C1C[C@H](O)C[C@@H](CCc2c(-c3ccc(F)cc3)ccc3ccccc23)O1. The molecule has 2 atom stereocenters. The summed E-state index contributed by atoms with van der Waals surface area (Å²) in [6.45, 7) is 0. The number of aryl methyl sites for hydroxylation is 1. The lowest BCUT2D eigenvalue weighted by atomic mass is 9.90. The number of carbonyl (C=O) groups excluding carboxylic acids is 1. The Morgan fingerprint density at radius 3 is 2.59 bits per heavy atom. The zero-order chi connectivity index (χ0) is 18.8. The molecule has 1 heterocycles. The first kappa shape index (κ1) is 17.7. The van der Waals surface area contributed by atoms with Crippen LogP contribution in [0.5, 0.6) is 0 Å². The van der Waals surface area contributed by atoms with E-state index < -0.39 is 6.10 Å². The van der Waals surface area contributed by atoms with Gasteiger partial charge in [0.15, 0.2) is 0 Å². The molecule has 1 saturated heterocycles. The second kappa shape index (κ2) is 7.49. The van der Waals surface area contributed by atoms with Crippen LogP contribution < -0.4 is 0 Å². The summed E-state index contributed by atoms with van der Waals surface area (Å²) in [7, 11) is 0. The summed E-state index contributed by atoms with van der Waals surface area (Å²) < 4.78 is 18.8. The first-order valence-corrected chi connectivity index (χ1v) is 9.24. The summed E-state index contributed by atoms with van der Waals surface area (Å²) in [6, 6.07) is 18.8. The van der Waals surface area contributed by atoms with Crippen molar-refractivity contribution in [3.8, 4) is 11.1 Å². The molecule has 0 unspecified atom stereocenters. The summed E-state index contributed by atoms with van der Waals surface area (Å²) in [5.74, 6) is -0.598. The number of esters is 1. The van der Waals surface area contributed by atoms with Crippen LogP contribution in [0.1, 0.15) is 24.8 Å². The average Bonchev–Trinajstić information content (AvgIpc) is 2.66. The number of benzene rings is 3. The molecule has 1 fully saturated rings. The van der Waals surface area contributed by atoms with Crippen LogP contribution in [0, 0.1) is 5.82 Å². The first-order valence-electron chi connectivity index (χ1n) is 9.24. The fourth-order valence-electron chi connectivity index (χ4n) is 3.85. The molecule has 1 N–H and O–H groups in total. The summed E-state index contributed by atoms with van der Waals surface area (Å²) in [6.07, 6.45) is 0.999. The molecule has 0 saturated carbocycles. The molecule has 0 amide bonds. The molecule has 27 heavy (non-hydrogen) atoms. The lowest BCUT2D eigenvalue weighted by Gasteiger charge is -2.26. The Hall–Kier alpha value is -2.72. The zero-order valence-corrected chi connectivity index (χ0v) is 14.9. The second-order valence-corrected chi connectivity index (χ2v) is 7.06. The minimum Gasteiger partial charge on any atom is -0.462 e. The van der Waals surface area contributed by atoms with Gasteiger partial charge >= 0.3 is 5.97 Å². The Morgan fingerprint density at radius 2 is 1.81 bits per heavy atom. The molecule has 0 aliphatic carbocycles. The molecule has 1 aliphatic rings. The van der Waals surface area contributed by atoms with Crippen molar-refractivity contribution in [2.45, 2.75) is 37.9 Å². The highest BCUT2D eigenvalue weighted by molar-refractivity contribution is 5.91. The van der Waals surface area contributed by atoms with Gasteiger partial charge in [0.05, 0.1) is 12.5 Å². The van der Waals surface area contributed by atoms with Crippen LogP contribution in [0.4, 0.5) is 4.39 Å². The van der Waals surface area contributed by atoms with Crippen LogP contribution in [0.25, 0.3) is 21.9 Å². The molecule has 3 aromatic rings. The lowest BCUT2D eigenvalue weighted by molar-refractivity contribution is -0.160. The molecule has 0 bridgehead atoms. The Bertz CT molecular complexity index is 965. The van der Waals surface area contributed by atoms with Gasteiger partial charge in [-0.1, -0.05) is 48.5 Å². The van der Waals surface area contributed by atoms with Gasteiger partial charge < -0.3 is 9.84 Å². The van der Waals surface area contributed by atoms with E-state index in [1.54, 1.807) is 12.1 Å². The van der Waals surface area contributed by atoms with Crippen LogP contribution in [0.2, 0.25) is 0 Å². The first-order chi connectivity index (χ1) is 13.1. The van der Waals surface area contributed by atoms with Crippen molar-refractivity contribution in [1.82, 2.24) is 0 Å². The molecule has 4 rings (SSSR count). The van der Waals surface area contributed by atoms with Crippen LogP contribution in [-0.2, 0) is 16.0 Å². The minimum absolute atomic E-state index is 0.0750. The number of carbonyl (C=O) groups is 1. The van der Waals surface area contributed by atoms with E-state index >= 15 is 0 Å². The lowest BCUT2D eigenvalue weighted by Crippen LogP contribution is -2.32. The van der Waals surface area contributed by atoms with Gasteiger partial charge in [-0.3, -0.25) is 4.79 Å². The van der Waals surface area contributed by atoms with Gasteiger partial charge in [0.1, 0.15) is 11.9 Å². The number of aliphatic hydroxyl groups is 1. The fraction of sp³-hybridized carbons (Fsp3) is 0.261. The van der Waals surface area contributed by atoms with Crippen molar-refractivity contribution < 1.29 is 19.0 Å². The Kier molecular flexibility index (Phi) is 4.90. The molecular weight excluding hydrogens is 343 g/mol. The zero-order valence-electron chi connectivity index (χ0n) is 14.9. The molecular formula is C23H21FO3. The Morgan fingerprint density at radius 1 is 1.04 bits per heavy atom. The van der Waals surface area contributed by atoms with Gasteiger partial charge in [-0.05, 0) is 52.4 Å². The summed E-state index contributed by atoms with van der Waals surface area (Å²) in [5, 5.41) is 12.1. The van der Waals surface area contributed by atoms with Crippen LogP contribution in [0.3, 0.4) is 0 Å². The number of ether oxygens (including phenoxy) is 1. The number of rotatable bonds is 4. The van der Waals surface area contributed by atoms with Crippen molar-refractivity contribution in [2.24, 2.45) is 0 Å². The predicted molar refractivity (Wildman–Crippen MR) is 103 cm³/mol. The largest absolute Gasteiger partial charge is 0.462 e. The van der Waals surface area contributed by atoms with Crippen LogP contribution in [0.15, 0.2) is 60.7 Å². The maximum absolute atomic E-state index is 13.3. The molecule has 3 aromatic carbocycles. The van der Waals surface area contributed by atoms with Gasteiger partial charge in [0, 0.05) is 6.42 Å². The molecule has 1 aliphatic heterocycles. The summed E-state index contributed by atoms with van der Waals surface area (Å²) >= 11 is 0. The maximum Gasteiger partial charge on any atom is 0.308 e. The number of halogens is 1. The van der Waals surface area contributed by atoms with Crippen LogP contribution in [-0.4, -0.2) is 23.3 Å².